The van der Waals surface area contributed by atoms with E-state index >= 15 is 4.39 Å². The molecule has 0 saturated carbocycles. The van der Waals surface area contributed by atoms with E-state index in [1.165, 1.54) is 24.0 Å². The van der Waals surface area contributed by atoms with Crippen LogP contribution in [0.15, 0.2) is 65.0 Å². The fourth-order valence-corrected chi connectivity index (χ4v) is 6.32. The highest BCUT2D eigenvalue weighted by molar-refractivity contribution is 7.98. The summed E-state index contributed by atoms with van der Waals surface area (Å²) in [6.07, 6.45) is 0.572. The second kappa shape index (κ2) is 12.4. The number of nitrogens with zero attached hydrogens (tertiary/aromatic N) is 2. The molecule has 1 unspecified atom stereocenters. The average molecular weight is 586 g/mol. The SMILES string of the molecule is CCOC(=O)OC1=C(C(=O)N2CCOCC2N(C)[C@@H]2c3ccccc3SCc3c2ccc(F)c3F)NC=CC(=O)C1. The van der Waals surface area contributed by atoms with Gasteiger partial charge in [-0.1, -0.05) is 24.3 Å². The van der Waals surface area contributed by atoms with E-state index in [9.17, 15) is 18.8 Å². The number of allylic oxidation sites excluding steroid dienone is 2. The number of halogens is 2. The maximum absolute atomic E-state index is 15.1. The van der Waals surface area contributed by atoms with Crippen LogP contribution in [0.4, 0.5) is 13.6 Å². The van der Waals surface area contributed by atoms with Gasteiger partial charge >= 0.3 is 6.16 Å². The van der Waals surface area contributed by atoms with Crippen LogP contribution in [0.1, 0.15) is 36.1 Å². The van der Waals surface area contributed by atoms with Gasteiger partial charge in [0.1, 0.15) is 17.6 Å². The van der Waals surface area contributed by atoms with E-state index in [0.29, 0.717) is 5.56 Å². The Morgan fingerprint density at radius 1 is 1.20 bits per heavy atom. The first-order valence-electron chi connectivity index (χ1n) is 13.1. The van der Waals surface area contributed by atoms with Crippen molar-refractivity contribution in [1.29, 1.82) is 0 Å². The summed E-state index contributed by atoms with van der Waals surface area (Å²) in [4.78, 5) is 42.8. The minimum Gasteiger partial charge on any atom is -0.434 e. The number of carbonyl (C=O) groups is 3. The molecule has 0 aromatic heterocycles. The van der Waals surface area contributed by atoms with Gasteiger partial charge in [0.05, 0.1) is 32.3 Å². The van der Waals surface area contributed by atoms with Crippen LogP contribution in [0, 0.1) is 11.6 Å². The summed E-state index contributed by atoms with van der Waals surface area (Å²) in [7, 11) is 1.80. The number of morpholine rings is 1. The number of carbonyl (C=O) groups excluding carboxylic acids is 3. The number of hydrogen-bond acceptors (Lipinski definition) is 9. The van der Waals surface area contributed by atoms with E-state index in [2.05, 4.69) is 5.32 Å². The Kier molecular flexibility index (Phi) is 8.71. The fraction of sp³-hybridized carbons (Fsp3) is 0.345. The molecule has 0 radical (unpaired) electrons. The molecule has 2 aromatic rings. The zero-order valence-electron chi connectivity index (χ0n) is 22.5. The van der Waals surface area contributed by atoms with E-state index in [1.807, 2.05) is 29.2 Å². The van der Waals surface area contributed by atoms with Crippen LogP contribution in [-0.2, 0) is 29.6 Å². The van der Waals surface area contributed by atoms with Gasteiger partial charge in [0, 0.05) is 29.0 Å². The Morgan fingerprint density at radius 2 is 2.00 bits per heavy atom. The minimum absolute atomic E-state index is 0.0540. The summed E-state index contributed by atoms with van der Waals surface area (Å²) in [5.41, 5.74) is 1.66. The molecule has 1 fully saturated rings. The lowest BCUT2D eigenvalue weighted by molar-refractivity contribution is -0.146. The summed E-state index contributed by atoms with van der Waals surface area (Å²) in [6.45, 7) is 2.23. The van der Waals surface area contributed by atoms with Gasteiger partial charge in [0.2, 0.25) is 0 Å². The molecule has 3 aliphatic heterocycles. The first-order valence-corrected chi connectivity index (χ1v) is 14.1. The second-order valence-corrected chi connectivity index (χ2v) is 10.6. The average Bonchev–Trinajstić information content (AvgIpc) is 3.25. The van der Waals surface area contributed by atoms with Gasteiger partial charge in [-0.05, 0) is 43.3 Å². The number of amides is 1. The summed E-state index contributed by atoms with van der Waals surface area (Å²) in [5, 5.41) is 2.80. The van der Waals surface area contributed by atoms with Crippen LogP contribution in [0.3, 0.4) is 0 Å². The highest BCUT2D eigenvalue weighted by Crippen LogP contribution is 2.44. The Labute approximate surface area is 240 Å². The zero-order chi connectivity index (χ0) is 29.1. The fourth-order valence-electron chi connectivity index (χ4n) is 5.21. The molecule has 2 atom stereocenters. The first kappa shape index (κ1) is 28.8. The number of likely N-dealkylation sites (N-methyl/N-ethyl adjacent to an activating group) is 1. The number of ketones is 1. The standard InChI is InChI=1S/C29H29F2N3O6S/c1-3-39-29(37)40-22-14-17(35)10-11-32-26(22)28(36)34-12-13-38-15-24(34)33(2)27-18-8-9-21(30)25(31)20(18)16-41-23-7-5-4-6-19(23)27/h4-11,24,27,32H,3,12-16H2,1-2H3/t24?,27-/m0/s1. The number of hydrogen-bond donors (Lipinski definition) is 1. The Hall–Kier alpha value is -3.74. The second-order valence-electron chi connectivity index (χ2n) is 9.58. The van der Waals surface area contributed by atoms with Crippen molar-refractivity contribution < 1.29 is 37.4 Å². The minimum atomic E-state index is -1.03. The van der Waals surface area contributed by atoms with E-state index in [0.717, 1.165) is 16.5 Å². The van der Waals surface area contributed by atoms with Crippen molar-refractivity contribution in [2.45, 2.75) is 36.2 Å². The van der Waals surface area contributed by atoms with Gasteiger partial charge in [-0.2, -0.15) is 0 Å². The summed E-state index contributed by atoms with van der Waals surface area (Å²) < 4.78 is 45.3. The van der Waals surface area contributed by atoms with Crippen molar-refractivity contribution in [3.63, 3.8) is 0 Å². The third-order valence-corrected chi connectivity index (χ3v) is 8.26. The molecular formula is C29H29F2N3O6S. The molecule has 216 valence electrons. The molecular weight excluding hydrogens is 556 g/mol. The van der Waals surface area contributed by atoms with Crippen molar-refractivity contribution >= 4 is 29.6 Å². The van der Waals surface area contributed by atoms with Crippen LogP contribution in [0.5, 0.6) is 0 Å². The lowest BCUT2D eigenvalue weighted by Crippen LogP contribution is -2.58. The number of thioether (sulfide) groups is 1. The number of nitrogens with one attached hydrogen (secondary N) is 1. The third-order valence-electron chi connectivity index (χ3n) is 7.15. The Bertz CT molecular complexity index is 1430. The van der Waals surface area contributed by atoms with Crippen molar-refractivity contribution in [1.82, 2.24) is 15.1 Å². The maximum atomic E-state index is 15.1. The van der Waals surface area contributed by atoms with Gasteiger partial charge in [0.25, 0.3) is 5.91 Å². The number of benzene rings is 2. The molecule has 3 aliphatic rings. The molecule has 5 rings (SSSR count). The Balaban J connectivity index is 1.55. The van der Waals surface area contributed by atoms with Gasteiger partial charge in [0.15, 0.2) is 17.4 Å². The van der Waals surface area contributed by atoms with Crippen LogP contribution in [-0.4, -0.2) is 67.2 Å². The van der Waals surface area contributed by atoms with E-state index < -0.39 is 35.9 Å². The largest absolute Gasteiger partial charge is 0.513 e. The third kappa shape index (κ3) is 5.85. The number of ether oxygens (including phenoxy) is 3. The van der Waals surface area contributed by atoms with E-state index in [-0.39, 0.29) is 61.3 Å². The molecule has 3 heterocycles. The first-order chi connectivity index (χ1) is 19.8. The molecule has 9 nitrogen and oxygen atoms in total. The Morgan fingerprint density at radius 3 is 2.80 bits per heavy atom. The van der Waals surface area contributed by atoms with Crippen molar-refractivity contribution in [3.05, 3.63) is 88.5 Å². The monoisotopic (exact) mass is 585 g/mol. The summed E-state index contributed by atoms with van der Waals surface area (Å²) in [6, 6.07) is 9.81. The van der Waals surface area contributed by atoms with Gasteiger partial charge in [-0.25, -0.2) is 13.6 Å². The molecule has 1 amide bonds. The van der Waals surface area contributed by atoms with Gasteiger partial charge in [-0.3, -0.25) is 14.5 Å². The molecule has 41 heavy (non-hydrogen) atoms. The van der Waals surface area contributed by atoms with E-state index in [4.69, 9.17) is 14.2 Å². The van der Waals surface area contributed by atoms with Crippen molar-refractivity contribution in [2.75, 3.05) is 33.4 Å². The number of fused-ring (bicyclic) bond motifs is 2. The molecule has 1 saturated heterocycles. The van der Waals surface area contributed by atoms with Crippen LogP contribution in [0.25, 0.3) is 0 Å². The lowest BCUT2D eigenvalue weighted by Gasteiger charge is -2.44. The van der Waals surface area contributed by atoms with Crippen LogP contribution >= 0.6 is 11.8 Å². The van der Waals surface area contributed by atoms with Crippen LogP contribution < -0.4 is 5.32 Å². The summed E-state index contributed by atoms with van der Waals surface area (Å²) in [5.74, 6) is -2.61. The molecule has 12 heteroatoms. The maximum Gasteiger partial charge on any atom is 0.513 e. The predicted molar refractivity (Wildman–Crippen MR) is 145 cm³/mol. The molecule has 0 bridgehead atoms. The molecule has 0 aliphatic carbocycles. The molecule has 1 N–H and O–H groups in total. The highest BCUT2D eigenvalue weighted by Gasteiger charge is 2.39. The quantitative estimate of drug-likeness (QED) is 0.517. The summed E-state index contributed by atoms with van der Waals surface area (Å²) >= 11 is 1.42. The molecule has 2 aromatic carbocycles. The zero-order valence-corrected chi connectivity index (χ0v) is 23.3. The smallest absolute Gasteiger partial charge is 0.434 e. The number of rotatable bonds is 5. The van der Waals surface area contributed by atoms with Gasteiger partial charge < -0.3 is 24.4 Å². The molecule has 0 spiro atoms. The van der Waals surface area contributed by atoms with Crippen molar-refractivity contribution in [2.24, 2.45) is 0 Å². The predicted octanol–water partition coefficient (Wildman–Crippen LogP) is 4.24. The van der Waals surface area contributed by atoms with Gasteiger partial charge in [-0.15, -0.1) is 11.8 Å². The highest BCUT2D eigenvalue weighted by atomic mass is 32.2. The van der Waals surface area contributed by atoms with E-state index in [1.54, 1.807) is 24.9 Å². The lowest BCUT2D eigenvalue weighted by atomic mass is 9.93. The van der Waals surface area contributed by atoms with Crippen LogP contribution in [0.2, 0.25) is 0 Å². The van der Waals surface area contributed by atoms with Crippen molar-refractivity contribution in [3.8, 4) is 0 Å². The topological polar surface area (TPSA) is 97.4 Å². The normalized spacial score (nSPS) is 20.5.